The van der Waals surface area contributed by atoms with Crippen molar-refractivity contribution in [3.63, 3.8) is 0 Å². The van der Waals surface area contributed by atoms with Gasteiger partial charge in [-0.05, 0) is 62.1 Å². The summed E-state index contributed by atoms with van der Waals surface area (Å²) in [6.07, 6.45) is 0.877. The molecule has 0 bridgehead atoms. The van der Waals surface area contributed by atoms with E-state index in [2.05, 4.69) is 17.9 Å². The zero-order chi connectivity index (χ0) is 22.2. The Hall–Kier alpha value is -3.00. The Morgan fingerprint density at radius 2 is 1.74 bits per heavy atom. The van der Waals surface area contributed by atoms with Crippen LogP contribution in [0.3, 0.4) is 0 Å². The van der Waals surface area contributed by atoms with Crippen LogP contribution in [0, 0.1) is 5.92 Å². The molecule has 0 aliphatic carbocycles. The van der Waals surface area contributed by atoms with E-state index in [0.717, 1.165) is 12.8 Å². The third kappa shape index (κ3) is 6.24. The first kappa shape index (κ1) is 22.7. The molecular weight excluding hydrogens is 416 g/mol. The molecule has 8 heteroatoms. The van der Waals surface area contributed by atoms with Crippen LogP contribution in [0.5, 0.6) is 5.75 Å². The molecule has 0 unspecified atom stereocenters. The summed E-state index contributed by atoms with van der Waals surface area (Å²) >= 11 is 4.37. The number of likely N-dealkylation sites (tertiary alicyclic amines) is 1. The van der Waals surface area contributed by atoms with Crippen LogP contribution in [0.15, 0.2) is 53.4 Å². The summed E-state index contributed by atoms with van der Waals surface area (Å²) in [6, 6.07) is 13.6. The second-order valence-corrected chi connectivity index (χ2v) is 7.75. The van der Waals surface area contributed by atoms with Crippen LogP contribution < -0.4 is 10.1 Å². The largest absolute Gasteiger partial charge is 0.513 e. The van der Waals surface area contributed by atoms with E-state index < -0.39 is 6.16 Å². The fraction of sp³-hybridized carbons (Fsp3) is 0.348. The Morgan fingerprint density at radius 1 is 1.06 bits per heavy atom. The van der Waals surface area contributed by atoms with Crippen LogP contribution in [0.1, 0.15) is 40.5 Å². The maximum atomic E-state index is 12.7. The lowest BCUT2D eigenvalue weighted by atomic mass is 9.96. The van der Waals surface area contributed by atoms with Crippen molar-refractivity contribution >= 4 is 30.6 Å². The van der Waals surface area contributed by atoms with Gasteiger partial charge >= 0.3 is 6.16 Å². The molecule has 1 heterocycles. The van der Waals surface area contributed by atoms with Crippen molar-refractivity contribution in [1.29, 1.82) is 0 Å². The van der Waals surface area contributed by atoms with Crippen LogP contribution in [-0.2, 0) is 4.74 Å². The Labute approximate surface area is 187 Å². The number of hydrogen-bond donors (Lipinski definition) is 2. The SMILES string of the molecule is CCOC(=O)Oc1ccc(C(=O)NCC2CCN(C(=O)c3ccccc3S)CC2)cc1. The number of amides is 2. The van der Waals surface area contributed by atoms with Gasteiger partial charge in [0.1, 0.15) is 5.75 Å². The number of carbonyl (C=O) groups excluding carboxylic acids is 3. The van der Waals surface area contributed by atoms with Gasteiger partial charge in [0.05, 0.1) is 12.2 Å². The van der Waals surface area contributed by atoms with E-state index in [1.54, 1.807) is 37.3 Å². The Kier molecular flexibility index (Phi) is 7.94. The molecule has 0 saturated carbocycles. The molecule has 0 atom stereocenters. The summed E-state index contributed by atoms with van der Waals surface area (Å²) in [5.41, 5.74) is 1.10. The monoisotopic (exact) mass is 442 g/mol. The maximum absolute atomic E-state index is 12.7. The zero-order valence-electron chi connectivity index (χ0n) is 17.4. The molecule has 1 N–H and O–H groups in total. The predicted octanol–water partition coefficient (Wildman–Crippen LogP) is 3.79. The minimum atomic E-state index is -0.776. The minimum Gasteiger partial charge on any atom is -0.434 e. The van der Waals surface area contributed by atoms with Crippen LogP contribution in [0.25, 0.3) is 0 Å². The van der Waals surface area contributed by atoms with Crippen molar-refractivity contribution in [2.75, 3.05) is 26.2 Å². The van der Waals surface area contributed by atoms with Crippen LogP contribution in [-0.4, -0.2) is 49.1 Å². The van der Waals surface area contributed by atoms with Gasteiger partial charge in [0, 0.05) is 30.1 Å². The van der Waals surface area contributed by atoms with Gasteiger partial charge in [-0.1, -0.05) is 12.1 Å². The van der Waals surface area contributed by atoms with Crippen molar-refractivity contribution in [3.05, 3.63) is 59.7 Å². The standard InChI is InChI=1S/C23H26N2O5S/c1-2-29-23(28)30-18-9-7-17(8-10-18)21(26)24-15-16-11-13-25(14-12-16)22(27)19-5-3-4-6-20(19)31/h3-10,16,31H,2,11-15H2,1H3,(H,24,26). The molecule has 1 aliphatic heterocycles. The van der Waals surface area contributed by atoms with Gasteiger partial charge in [-0.25, -0.2) is 4.79 Å². The molecule has 1 fully saturated rings. The predicted molar refractivity (Wildman–Crippen MR) is 119 cm³/mol. The fourth-order valence-corrected chi connectivity index (χ4v) is 3.68. The average Bonchev–Trinajstić information content (AvgIpc) is 2.78. The number of carbonyl (C=O) groups is 3. The van der Waals surface area contributed by atoms with Crippen LogP contribution in [0.4, 0.5) is 4.79 Å². The van der Waals surface area contributed by atoms with E-state index in [1.807, 2.05) is 23.1 Å². The lowest BCUT2D eigenvalue weighted by molar-refractivity contribution is 0.0680. The molecule has 1 saturated heterocycles. The van der Waals surface area contributed by atoms with E-state index in [9.17, 15) is 14.4 Å². The number of benzene rings is 2. The summed E-state index contributed by atoms with van der Waals surface area (Å²) in [4.78, 5) is 38.9. The third-order valence-electron chi connectivity index (χ3n) is 5.17. The number of nitrogens with one attached hydrogen (secondary N) is 1. The smallest absolute Gasteiger partial charge is 0.434 e. The lowest BCUT2D eigenvalue weighted by Crippen LogP contribution is -2.41. The maximum Gasteiger partial charge on any atom is 0.513 e. The molecule has 0 aromatic heterocycles. The van der Waals surface area contributed by atoms with E-state index in [4.69, 9.17) is 9.47 Å². The molecule has 164 valence electrons. The van der Waals surface area contributed by atoms with Gasteiger partial charge in [-0.2, -0.15) is 0 Å². The van der Waals surface area contributed by atoms with Gasteiger partial charge in [-0.3, -0.25) is 9.59 Å². The Bertz CT molecular complexity index is 924. The van der Waals surface area contributed by atoms with Gasteiger partial charge in [0.2, 0.25) is 0 Å². The van der Waals surface area contributed by atoms with Gasteiger partial charge in [0.25, 0.3) is 11.8 Å². The van der Waals surface area contributed by atoms with E-state index >= 15 is 0 Å². The summed E-state index contributed by atoms with van der Waals surface area (Å²) in [6.45, 7) is 3.78. The second-order valence-electron chi connectivity index (χ2n) is 7.27. The zero-order valence-corrected chi connectivity index (χ0v) is 18.3. The molecule has 0 radical (unpaired) electrons. The molecule has 3 rings (SSSR count). The summed E-state index contributed by atoms with van der Waals surface area (Å²) in [5.74, 6) is 0.434. The molecule has 7 nitrogen and oxygen atoms in total. The second kappa shape index (κ2) is 10.9. The van der Waals surface area contributed by atoms with Crippen molar-refractivity contribution in [1.82, 2.24) is 10.2 Å². The fourth-order valence-electron chi connectivity index (χ4n) is 3.42. The number of rotatable bonds is 6. The number of nitrogens with zero attached hydrogens (tertiary/aromatic N) is 1. The van der Waals surface area contributed by atoms with Crippen molar-refractivity contribution < 1.29 is 23.9 Å². The topological polar surface area (TPSA) is 84.9 Å². The van der Waals surface area contributed by atoms with Crippen molar-refractivity contribution in [3.8, 4) is 5.75 Å². The third-order valence-corrected chi connectivity index (χ3v) is 5.56. The van der Waals surface area contributed by atoms with Gasteiger partial charge in [-0.15, -0.1) is 12.6 Å². The molecule has 2 amide bonds. The van der Waals surface area contributed by atoms with E-state index in [0.29, 0.717) is 47.3 Å². The highest BCUT2D eigenvalue weighted by Crippen LogP contribution is 2.21. The highest BCUT2D eigenvalue weighted by Gasteiger charge is 2.25. The lowest BCUT2D eigenvalue weighted by Gasteiger charge is -2.32. The van der Waals surface area contributed by atoms with E-state index in [-0.39, 0.29) is 18.4 Å². The van der Waals surface area contributed by atoms with Crippen LogP contribution in [0.2, 0.25) is 0 Å². The van der Waals surface area contributed by atoms with Gasteiger partial charge in [0.15, 0.2) is 0 Å². The first-order valence-electron chi connectivity index (χ1n) is 10.3. The summed E-state index contributed by atoms with van der Waals surface area (Å²) in [7, 11) is 0. The molecule has 2 aromatic carbocycles. The minimum absolute atomic E-state index is 0.00165. The molecule has 2 aromatic rings. The van der Waals surface area contributed by atoms with E-state index in [1.165, 1.54) is 0 Å². The number of piperidine rings is 1. The molecule has 0 spiro atoms. The van der Waals surface area contributed by atoms with Crippen LogP contribution >= 0.6 is 12.6 Å². The molecule has 1 aliphatic rings. The first-order chi connectivity index (χ1) is 15.0. The summed E-state index contributed by atoms with van der Waals surface area (Å²) < 4.78 is 9.70. The number of thiol groups is 1. The molecule has 31 heavy (non-hydrogen) atoms. The average molecular weight is 443 g/mol. The first-order valence-corrected chi connectivity index (χ1v) is 10.7. The quantitative estimate of drug-likeness (QED) is 0.404. The Morgan fingerprint density at radius 3 is 2.39 bits per heavy atom. The van der Waals surface area contributed by atoms with Gasteiger partial charge < -0.3 is 19.7 Å². The van der Waals surface area contributed by atoms with Crippen molar-refractivity contribution in [2.45, 2.75) is 24.7 Å². The highest BCUT2D eigenvalue weighted by atomic mass is 32.1. The number of ether oxygens (including phenoxy) is 2. The summed E-state index contributed by atoms with van der Waals surface area (Å²) in [5, 5.41) is 2.95. The molecular formula is C23H26N2O5S. The normalized spacial score (nSPS) is 14.1. The Balaban J connectivity index is 1.44. The number of hydrogen-bond acceptors (Lipinski definition) is 6. The van der Waals surface area contributed by atoms with Crippen molar-refractivity contribution in [2.24, 2.45) is 5.92 Å². The highest BCUT2D eigenvalue weighted by molar-refractivity contribution is 7.80.